The second-order valence-electron chi connectivity index (χ2n) is 4.75. The van der Waals surface area contributed by atoms with Gasteiger partial charge in [-0.15, -0.1) is 0 Å². The largest absolute Gasteiger partial charge is 0.282 e. The maximum Gasteiger partial charge on any atom is 0.0957 e. The first-order valence-electron chi connectivity index (χ1n) is 6.33. The molecule has 0 saturated carbocycles. The van der Waals surface area contributed by atoms with E-state index >= 15 is 0 Å². The average molecular weight is 252 g/mol. The Bertz CT molecular complexity index is 679. The van der Waals surface area contributed by atoms with E-state index in [-0.39, 0.29) is 0 Å². The summed E-state index contributed by atoms with van der Waals surface area (Å²) in [5, 5.41) is 11.8. The molecule has 4 heteroatoms. The summed E-state index contributed by atoms with van der Waals surface area (Å²) in [4.78, 5) is 0. The quantitative estimate of drug-likeness (QED) is 0.779. The Morgan fingerprint density at radius 1 is 1.16 bits per heavy atom. The molecular formula is C15H16N4. The van der Waals surface area contributed by atoms with Gasteiger partial charge in [0.1, 0.15) is 0 Å². The number of benzene rings is 1. The SMILES string of the molecule is Cc1cc(-c2cn(Cc3ccccc3)nc2C)n[nH]1. The molecular weight excluding hydrogens is 236 g/mol. The minimum atomic E-state index is 0.783. The molecule has 3 rings (SSSR count). The summed E-state index contributed by atoms with van der Waals surface area (Å²) in [6.07, 6.45) is 2.05. The molecule has 3 aromatic rings. The highest BCUT2D eigenvalue weighted by molar-refractivity contribution is 5.60. The lowest BCUT2D eigenvalue weighted by atomic mass is 10.2. The van der Waals surface area contributed by atoms with Crippen LogP contribution in [0.15, 0.2) is 42.6 Å². The van der Waals surface area contributed by atoms with Gasteiger partial charge >= 0.3 is 0 Å². The van der Waals surface area contributed by atoms with Gasteiger partial charge in [-0.05, 0) is 25.5 Å². The van der Waals surface area contributed by atoms with Crippen molar-refractivity contribution in [3.63, 3.8) is 0 Å². The van der Waals surface area contributed by atoms with Crippen LogP contribution in [0.2, 0.25) is 0 Å². The van der Waals surface area contributed by atoms with Gasteiger partial charge in [-0.3, -0.25) is 9.78 Å². The van der Waals surface area contributed by atoms with Crippen molar-refractivity contribution in [3.05, 3.63) is 59.5 Å². The maximum absolute atomic E-state index is 4.55. The molecule has 0 aliphatic carbocycles. The summed E-state index contributed by atoms with van der Waals surface area (Å²) in [6.45, 7) is 4.80. The van der Waals surface area contributed by atoms with Gasteiger partial charge in [0, 0.05) is 17.5 Å². The van der Waals surface area contributed by atoms with E-state index in [4.69, 9.17) is 0 Å². The lowest BCUT2D eigenvalue weighted by Crippen LogP contribution is -1.99. The van der Waals surface area contributed by atoms with E-state index in [0.717, 1.165) is 29.2 Å². The number of aromatic nitrogens is 4. The molecule has 2 aromatic heterocycles. The van der Waals surface area contributed by atoms with Crippen LogP contribution in [0.4, 0.5) is 0 Å². The van der Waals surface area contributed by atoms with Crippen molar-refractivity contribution in [3.8, 4) is 11.3 Å². The van der Waals surface area contributed by atoms with E-state index in [2.05, 4.69) is 33.6 Å². The molecule has 0 bridgehead atoms. The molecule has 0 atom stereocenters. The zero-order valence-corrected chi connectivity index (χ0v) is 11.1. The molecule has 0 amide bonds. The maximum atomic E-state index is 4.55. The van der Waals surface area contributed by atoms with Gasteiger partial charge in [-0.2, -0.15) is 10.2 Å². The van der Waals surface area contributed by atoms with Crippen molar-refractivity contribution >= 4 is 0 Å². The van der Waals surface area contributed by atoms with E-state index in [1.165, 1.54) is 5.56 Å². The third-order valence-corrected chi connectivity index (χ3v) is 3.12. The van der Waals surface area contributed by atoms with Gasteiger partial charge in [0.2, 0.25) is 0 Å². The predicted octanol–water partition coefficient (Wildman–Crippen LogP) is 2.94. The summed E-state index contributed by atoms with van der Waals surface area (Å²) in [7, 11) is 0. The summed E-state index contributed by atoms with van der Waals surface area (Å²) >= 11 is 0. The fourth-order valence-corrected chi connectivity index (χ4v) is 2.18. The molecule has 1 N–H and O–H groups in total. The molecule has 0 unspecified atom stereocenters. The molecule has 19 heavy (non-hydrogen) atoms. The Morgan fingerprint density at radius 2 is 1.95 bits per heavy atom. The molecule has 0 saturated heterocycles. The Kier molecular flexibility index (Phi) is 2.91. The number of hydrogen-bond acceptors (Lipinski definition) is 2. The van der Waals surface area contributed by atoms with Crippen LogP contribution in [0, 0.1) is 13.8 Å². The number of H-pyrrole nitrogens is 1. The normalized spacial score (nSPS) is 10.8. The van der Waals surface area contributed by atoms with Crippen LogP contribution in [0.1, 0.15) is 17.0 Å². The Morgan fingerprint density at radius 3 is 2.63 bits per heavy atom. The van der Waals surface area contributed by atoms with Crippen LogP contribution in [-0.2, 0) is 6.54 Å². The summed E-state index contributed by atoms with van der Waals surface area (Å²) in [5.41, 5.74) is 5.34. The van der Waals surface area contributed by atoms with E-state index in [9.17, 15) is 0 Å². The van der Waals surface area contributed by atoms with Crippen molar-refractivity contribution in [1.82, 2.24) is 20.0 Å². The first kappa shape index (κ1) is 11.7. The smallest absolute Gasteiger partial charge is 0.0957 e. The summed E-state index contributed by atoms with van der Waals surface area (Å²) < 4.78 is 1.96. The lowest BCUT2D eigenvalue weighted by molar-refractivity contribution is 0.679. The van der Waals surface area contributed by atoms with Crippen LogP contribution in [0.5, 0.6) is 0 Å². The van der Waals surface area contributed by atoms with E-state index in [1.54, 1.807) is 0 Å². The second kappa shape index (κ2) is 4.72. The van der Waals surface area contributed by atoms with Crippen molar-refractivity contribution in [2.24, 2.45) is 0 Å². The number of hydrogen-bond donors (Lipinski definition) is 1. The fraction of sp³-hybridized carbons (Fsp3) is 0.200. The van der Waals surface area contributed by atoms with Gasteiger partial charge in [-0.25, -0.2) is 0 Å². The number of nitrogens with one attached hydrogen (secondary N) is 1. The highest BCUT2D eigenvalue weighted by atomic mass is 15.3. The molecule has 2 heterocycles. The highest BCUT2D eigenvalue weighted by Crippen LogP contribution is 2.21. The number of aryl methyl sites for hydroxylation is 2. The molecule has 0 fully saturated rings. The van der Waals surface area contributed by atoms with Crippen LogP contribution < -0.4 is 0 Å². The fourth-order valence-electron chi connectivity index (χ4n) is 2.18. The lowest BCUT2D eigenvalue weighted by Gasteiger charge is -2.00. The van der Waals surface area contributed by atoms with E-state index < -0.39 is 0 Å². The average Bonchev–Trinajstić information content (AvgIpc) is 2.97. The van der Waals surface area contributed by atoms with Crippen LogP contribution in [0.25, 0.3) is 11.3 Å². The van der Waals surface area contributed by atoms with Gasteiger partial charge in [0.15, 0.2) is 0 Å². The van der Waals surface area contributed by atoms with Crippen LogP contribution >= 0.6 is 0 Å². The first-order valence-corrected chi connectivity index (χ1v) is 6.33. The number of aromatic amines is 1. The molecule has 4 nitrogen and oxygen atoms in total. The zero-order valence-electron chi connectivity index (χ0n) is 11.1. The zero-order chi connectivity index (χ0) is 13.2. The molecule has 96 valence electrons. The van der Waals surface area contributed by atoms with Crippen LogP contribution in [0.3, 0.4) is 0 Å². The second-order valence-corrected chi connectivity index (χ2v) is 4.75. The molecule has 0 aliphatic rings. The minimum Gasteiger partial charge on any atom is -0.282 e. The summed E-state index contributed by atoms with van der Waals surface area (Å²) in [6, 6.07) is 12.4. The van der Waals surface area contributed by atoms with Crippen molar-refractivity contribution < 1.29 is 0 Å². The molecule has 1 aromatic carbocycles. The third-order valence-electron chi connectivity index (χ3n) is 3.12. The molecule has 0 spiro atoms. The number of rotatable bonds is 3. The monoisotopic (exact) mass is 252 g/mol. The van der Waals surface area contributed by atoms with Crippen molar-refractivity contribution in [1.29, 1.82) is 0 Å². The van der Waals surface area contributed by atoms with Gasteiger partial charge < -0.3 is 0 Å². The Labute approximate surface area is 112 Å². The van der Waals surface area contributed by atoms with Gasteiger partial charge in [0.05, 0.1) is 17.9 Å². The molecule has 0 radical (unpaired) electrons. The first-order chi connectivity index (χ1) is 9.22. The molecule has 0 aliphatic heterocycles. The Balaban J connectivity index is 1.89. The number of nitrogens with zero attached hydrogens (tertiary/aromatic N) is 3. The van der Waals surface area contributed by atoms with Crippen molar-refractivity contribution in [2.75, 3.05) is 0 Å². The van der Waals surface area contributed by atoms with Crippen molar-refractivity contribution in [2.45, 2.75) is 20.4 Å². The minimum absolute atomic E-state index is 0.783. The predicted molar refractivity (Wildman–Crippen MR) is 74.8 cm³/mol. The van der Waals surface area contributed by atoms with Crippen LogP contribution in [-0.4, -0.2) is 20.0 Å². The topological polar surface area (TPSA) is 46.5 Å². The third kappa shape index (κ3) is 2.42. The van der Waals surface area contributed by atoms with E-state index in [0.29, 0.717) is 0 Å². The van der Waals surface area contributed by atoms with Gasteiger partial charge in [-0.1, -0.05) is 30.3 Å². The van der Waals surface area contributed by atoms with E-state index in [1.807, 2.05) is 42.8 Å². The summed E-state index contributed by atoms with van der Waals surface area (Å²) in [5.74, 6) is 0. The Hall–Kier alpha value is -2.36. The van der Waals surface area contributed by atoms with Gasteiger partial charge in [0.25, 0.3) is 0 Å². The highest BCUT2D eigenvalue weighted by Gasteiger charge is 2.10. The standard InChI is InChI=1S/C15H16N4/c1-11-8-15(17-16-11)14-10-19(18-12(14)2)9-13-6-4-3-5-7-13/h3-8,10H,9H2,1-2H3,(H,16,17).